The molecule has 4 rings (SSSR count). The minimum Gasteiger partial charge on any atom is -0.360 e. The van der Waals surface area contributed by atoms with Crippen molar-refractivity contribution in [2.75, 3.05) is 11.9 Å². The van der Waals surface area contributed by atoms with Crippen LogP contribution in [0.2, 0.25) is 0 Å². The van der Waals surface area contributed by atoms with Gasteiger partial charge in [0.1, 0.15) is 0 Å². The van der Waals surface area contributed by atoms with Gasteiger partial charge in [-0.25, -0.2) is 0 Å². The minimum atomic E-state index is 0.864. The third kappa shape index (κ3) is 2.08. The van der Waals surface area contributed by atoms with Crippen molar-refractivity contribution in [3.8, 4) is 10.6 Å². The van der Waals surface area contributed by atoms with Gasteiger partial charge in [0.15, 0.2) is 5.01 Å². The van der Waals surface area contributed by atoms with E-state index in [1.54, 1.807) is 11.3 Å². The average molecular weight is 310 g/mol. The van der Waals surface area contributed by atoms with E-state index in [-0.39, 0.29) is 0 Å². The summed E-state index contributed by atoms with van der Waals surface area (Å²) in [4.78, 5) is 4.93. The number of para-hydroxylation sites is 1. The van der Waals surface area contributed by atoms with E-state index in [4.69, 9.17) is 4.98 Å². The molecule has 0 aliphatic heterocycles. The molecule has 0 amide bonds. The number of aryl methyl sites for hydroxylation is 2. The van der Waals surface area contributed by atoms with Gasteiger partial charge >= 0.3 is 0 Å². The Hall–Kier alpha value is -2.01. The lowest BCUT2D eigenvalue weighted by Crippen LogP contribution is -1.96. The standard InChI is InChI=1S/C17H18N4S/c1-3-18-17-21-20-16(22-17)14-11-7-5-9-13(11)19-15-10(2)6-4-8-12(14)15/h4,6,8H,3,5,7,9H2,1-2H3,(H,18,21). The van der Waals surface area contributed by atoms with Gasteiger partial charge in [0.2, 0.25) is 5.13 Å². The zero-order chi connectivity index (χ0) is 15.1. The largest absolute Gasteiger partial charge is 0.360 e. The van der Waals surface area contributed by atoms with Crippen LogP contribution < -0.4 is 5.32 Å². The van der Waals surface area contributed by atoms with Gasteiger partial charge in [0.25, 0.3) is 0 Å². The quantitative estimate of drug-likeness (QED) is 0.795. The monoisotopic (exact) mass is 310 g/mol. The summed E-state index contributed by atoms with van der Waals surface area (Å²) in [6.07, 6.45) is 3.35. The number of anilines is 1. The molecular formula is C17H18N4S. The second-order valence-electron chi connectivity index (χ2n) is 5.68. The Labute approximate surface area is 133 Å². The lowest BCUT2D eigenvalue weighted by atomic mass is 10.00. The summed E-state index contributed by atoms with van der Waals surface area (Å²) < 4.78 is 0. The molecule has 0 saturated heterocycles. The summed E-state index contributed by atoms with van der Waals surface area (Å²) in [6.45, 7) is 5.07. The number of hydrogen-bond donors (Lipinski definition) is 1. The Morgan fingerprint density at radius 1 is 1.23 bits per heavy atom. The third-order valence-electron chi connectivity index (χ3n) is 4.21. The molecule has 0 unspecified atom stereocenters. The molecule has 2 aromatic heterocycles. The molecule has 1 aliphatic carbocycles. The summed E-state index contributed by atoms with van der Waals surface area (Å²) in [5.74, 6) is 0. The van der Waals surface area contributed by atoms with Crippen LogP contribution in [0.25, 0.3) is 21.5 Å². The fourth-order valence-electron chi connectivity index (χ4n) is 3.22. The maximum atomic E-state index is 4.93. The number of pyridine rings is 1. The fraction of sp³-hybridized carbons (Fsp3) is 0.353. The first kappa shape index (κ1) is 13.6. The second-order valence-corrected chi connectivity index (χ2v) is 6.66. The van der Waals surface area contributed by atoms with Crippen LogP contribution >= 0.6 is 11.3 Å². The first-order valence-corrected chi connectivity index (χ1v) is 8.58. The summed E-state index contributed by atoms with van der Waals surface area (Å²) in [5, 5.41) is 15.1. The molecule has 112 valence electrons. The molecule has 0 saturated carbocycles. The zero-order valence-electron chi connectivity index (χ0n) is 12.8. The van der Waals surface area contributed by atoms with E-state index < -0.39 is 0 Å². The van der Waals surface area contributed by atoms with Gasteiger partial charge in [-0.05, 0) is 44.2 Å². The van der Waals surface area contributed by atoms with Gasteiger partial charge in [-0.3, -0.25) is 4.98 Å². The number of nitrogens with zero attached hydrogens (tertiary/aromatic N) is 3. The van der Waals surface area contributed by atoms with Crippen molar-refractivity contribution in [3.63, 3.8) is 0 Å². The van der Waals surface area contributed by atoms with E-state index in [1.165, 1.54) is 34.2 Å². The average Bonchev–Trinajstić information content (AvgIpc) is 3.15. The summed E-state index contributed by atoms with van der Waals surface area (Å²) >= 11 is 1.64. The van der Waals surface area contributed by atoms with Gasteiger partial charge < -0.3 is 5.32 Å². The highest BCUT2D eigenvalue weighted by atomic mass is 32.1. The molecule has 1 N–H and O–H groups in total. The Morgan fingerprint density at radius 3 is 3.00 bits per heavy atom. The van der Waals surface area contributed by atoms with E-state index >= 15 is 0 Å². The molecule has 0 atom stereocenters. The van der Waals surface area contributed by atoms with Gasteiger partial charge in [-0.2, -0.15) is 0 Å². The number of aromatic nitrogens is 3. The SMILES string of the molecule is CCNc1nnc(-c2c3c(nc4c(C)cccc24)CCC3)s1. The highest BCUT2D eigenvalue weighted by Gasteiger charge is 2.23. The van der Waals surface area contributed by atoms with Crippen LogP contribution in [0.5, 0.6) is 0 Å². The van der Waals surface area contributed by atoms with Gasteiger partial charge in [-0.15, -0.1) is 10.2 Å². The fourth-order valence-corrected chi connectivity index (χ4v) is 4.12. The minimum absolute atomic E-state index is 0.864. The van der Waals surface area contributed by atoms with Crippen LogP contribution in [0.1, 0.15) is 30.2 Å². The molecule has 0 spiro atoms. The molecule has 3 aromatic rings. The molecule has 5 heteroatoms. The van der Waals surface area contributed by atoms with E-state index in [9.17, 15) is 0 Å². The number of fused-ring (bicyclic) bond motifs is 2. The molecule has 0 bridgehead atoms. The number of rotatable bonds is 3. The van der Waals surface area contributed by atoms with Crippen molar-refractivity contribution in [2.45, 2.75) is 33.1 Å². The Balaban J connectivity index is 2.00. The molecule has 0 radical (unpaired) electrons. The van der Waals surface area contributed by atoms with Crippen molar-refractivity contribution in [1.82, 2.24) is 15.2 Å². The predicted molar refractivity (Wildman–Crippen MR) is 91.6 cm³/mol. The second kappa shape index (κ2) is 5.32. The summed E-state index contributed by atoms with van der Waals surface area (Å²) in [5.41, 5.74) is 6.21. The lowest BCUT2D eigenvalue weighted by Gasteiger charge is -2.11. The van der Waals surface area contributed by atoms with Crippen LogP contribution in [0.15, 0.2) is 18.2 Å². The first-order chi connectivity index (χ1) is 10.8. The highest BCUT2D eigenvalue weighted by Crippen LogP contribution is 2.39. The Morgan fingerprint density at radius 2 is 2.14 bits per heavy atom. The summed E-state index contributed by atoms with van der Waals surface area (Å²) in [7, 11) is 0. The van der Waals surface area contributed by atoms with Crippen LogP contribution in [-0.2, 0) is 12.8 Å². The lowest BCUT2D eigenvalue weighted by molar-refractivity contribution is 0.901. The van der Waals surface area contributed by atoms with Crippen molar-refractivity contribution in [1.29, 1.82) is 0 Å². The maximum absolute atomic E-state index is 4.93. The molecule has 0 fully saturated rings. The van der Waals surface area contributed by atoms with Crippen molar-refractivity contribution >= 4 is 27.4 Å². The van der Waals surface area contributed by atoms with E-state index in [0.717, 1.165) is 35.0 Å². The smallest absolute Gasteiger partial charge is 0.205 e. The van der Waals surface area contributed by atoms with E-state index in [1.807, 2.05) is 0 Å². The molecular weight excluding hydrogens is 292 g/mol. The maximum Gasteiger partial charge on any atom is 0.205 e. The zero-order valence-corrected chi connectivity index (χ0v) is 13.6. The van der Waals surface area contributed by atoms with Gasteiger partial charge in [0, 0.05) is 23.2 Å². The summed E-state index contributed by atoms with van der Waals surface area (Å²) in [6, 6.07) is 6.40. The van der Waals surface area contributed by atoms with Crippen LogP contribution in [-0.4, -0.2) is 21.7 Å². The van der Waals surface area contributed by atoms with Gasteiger partial charge in [0.05, 0.1) is 5.52 Å². The third-order valence-corrected chi connectivity index (χ3v) is 5.11. The molecule has 1 aromatic carbocycles. The Kier molecular flexibility index (Phi) is 3.30. The molecule has 4 nitrogen and oxygen atoms in total. The van der Waals surface area contributed by atoms with Crippen LogP contribution in [0.3, 0.4) is 0 Å². The van der Waals surface area contributed by atoms with Crippen LogP contribution in [0, 0.1) is 6.92 Å². The molecule has 2 heterocycles. The van der Waals surface area contributed by atoms with Crippen molar-refractivity contribution in [2.24, 2.45) is 0 Å². The van der Waals surface area contributed by atoms with Crippen molar-refractivity contribution in [3.05, 3.63) is 35.0 Å². The topological polar surface area (TPSA) is 50.7 Å². The molecule has 22 heavy (non-hydrogen) atoms. The number of benzene rings is 1. The van der Waals surface area contributed by atoms with Crippen molar-refractivity contribution < 1.29 is 0 Å². The Bertz CT molecular complexity index is 853. The normalized spacial score (nSPS) is 13.5. The number of nitrogens with one attached hydrogen (secondary N) is 1. The first-order valence-electron chi connectivity index (χ1n) is 7.76. The van der Waals surface area contributed by atoms with Crippen LogP contribution in [0.4, 0.5) is 5.13 Å². The highest BCUT2D eigenvalue weighted by molar-refractivity contribution is 7.18. The molecule has 1 aliphatic rings. The van der Waals surface area contributed by atoms with E-state index in [0.29, 0.717) is 0 Å². The van der Waals surface area contributed by atoms with Gasteiger partial charge in [-0.1, -0.05) is 29.5 Å². The predicted octanol–water partition coefficient (Wildman–Crippen LogP) is 3.98. The van der Waals surface area contributed by atoms with E-state index in [2.05, 4.69) is 47.6 Å². The number of hydrogen-bond acceptors (Lipinski definition) is 5.